The maximum absolute atomic E-state index is 6.01. The molecule has 1 aromatic rings. The van der Waals surface area contributed by atoms with Crippen molar-refractivity contribution in [2.24, 2.45) is 5.73 Å². The zero-order valence-corrected chi connectivity index (χ0v) is 11.0. The fourth-order valence-corrected chi connectivity index (χ4v) is 3.02. The lowest BCUT2D eigenvalue weighted by Crippen LogP contribution is -2.37. The Balaban J connectivity index is 2.34. The van der Waals surface area contributed by atoms with E-state index in [0.717, 1.165) is 18.7 Å². The van der Waals surface area contributed by atoms with Gasteiger partial charge in [-0.1, -0.05) is 26.7 Å². The number of hydrogen-bond acceptors (Lipinski definition) is 3. The summed E-state index contributed by atoms with van der Waals surface area (Å²) in [5.74, 6) is 1.11. The van der Waals surface area contributed by atoms with Crippen LogP contribution >= 0.6 is 0 Å². The van der Waals surface area contributed by atoms with Crippen molar-refractivity contribution in [3.63, 3.8) is 0 Å². The molecule has 4 heteroatoms. The van der Waals surface area contributed by atoms with Crippen LogP contribution in [0.25, 0.3) is 0 Å². The van der Waals surface area contributed by atoms with E-state index in [1.165, 1.54) is 25.7 Å². The molecule has 0 aliphatic heterocycles. The minimum Gasteiger partial charge on any atom is -0.329 e. The predicted octanol–water partition coefficient (Wildman–Crippen LogP) is 2.41. The van der Waals surface area contributed by atoms with E-state index in [0.29, 0.717) is 12.6 Å². The maximum atomic E-state index is 6.01. The second kappa shape index (κ2) is 5.17. The lowest BCUT2D eigenvalue weighted by Gasteiger charge is -2.30. The van der Waals surface area contributed by atoms with Crippen LogP contribution in [-0.2, 0) is 5.41 Å². The number of hydrogen-bond donors (Lipinski definition) is 1. The molecule has 1 saturated carbocycles. The Morgan fingerprint density at radius 2 is 2.00 bits per heavy atom. The molecule has 0 amide bonds. The first-order valence-corrected chi connectivity index (χ1v) is 6.87. The molecule has 1 heterocycles. The zero-order valence-electron chi connectivity index (χ0n) is 11.0. The standard InChI is InChI=1S/C13H24N4/c1-3-13(4-2,9-14)12-16-15-10-17(12)11-7-5-6-8-11/h10-11H,3-9,14H2,1-2H3. The van der Waals surface area contributed by atoms with Crippen LogP contribution in [-0.4, -0.2) is 21.3 Å². The molecule has 4 nitrogen and oxygen atoms in total. The first-order chi connectivity index (χ1) is 8.27. The van der Waals surface area contributed by atoms with Gasteiger partial charge in [-0.25, -0.2) is 0 Å². The summed E-state index contributed by atoms with van der Waals surface area (Å²) >= 11 is 0. The van der Waals surface area contributed by atoms with Crippen molar-refractivity contribution in [1.29, 1.82) is 0 Å². The third-order valence-corrected chi connectivity index (χ3v) is 4.51. The van der Waals surface area contributed by atoms with E-state index >= 15 is 0 Å². The lowest BCUT2D eigenvalue weighted by atomic mass is 9.81. The van der Waals surface area contributed by atoms with Gasteiger partial charge in [0.05, 0.1) is 0 Å². The van der Waals surface area contributed by atoms with Crippen molar-refractivity contribution in [3.05, 3.63) is 12.2 Å². The van der Waals surface area contributed by atoms with E-state index in [2.05, 4.69) is 28.6 Å². The Labute approximate surface area is 104 Å². The van der Waals surface area contributed by atoms with Crippen molar-refractivity contribution in [2.45, 2.75) is 63.8 Å². The summed E-state index contributed by atoms with van der Waals surface area (Å²) in [5.41, 5.74) is 6.02. The zero-order chi connectivity index (χ0) is 12.3. The molecule has 0 spiro atoms. The Bertz CT molecular complexity index is 340. The van der Waals surface area contributed by atoms with Crippen molar-refractivity contribution < 1.29 is 0 Å². The Kier molecular flexibility index (Phi) is 3.82. The molecule has 1 aliphatic carbocycles. The summed E-state index contributed by atoms with van der Waals surface area (Å²) in [5, 5.41) is 8.51. The molecule has 0 aromatic carbocycles. The molecule has 0 atom stereocenters. The van der Waals surface area contributed by atoms with Crippen molar-refractivity contribution in [3.8, 4) is 0 Å². The number of nitrogens with two attached hydrogens (primary N) is 1. The van der Waals surface area contributed by atoms with E-state index in [9.17, 15) is 0 Å². The minimum absolute atomic E-state index is 0.0130. The van der Waals surface area contributed by atoms with Gasteiger partial charge < -0.3 is 10.3 Å². The average molecular weight is 236 g/mol. The topological polar surface area (TPSA) is 56.7 Å². The highest BCUT2D eigenvalue weighted by molar-refractivity contribution is 5.10. The molecule has 2 N–H and O–H groups in total. The minimum atomic E-state index is 0.0130. The van der Waals surface area contributed by atoms with E-state index in [-0.39, 0.29) is 5.41 Å². The smallest absolute Gasteiger partial charge is 0.140 e. The second-order valence-corrected chi connectivity index (χ2v) is 5.19. The molecule has 17 heavy (non-hydrogen) atoms. The molecule has 2 rings (SSSR count). The van der Waals surface area contributed by atoms with Gasteiger partial charge in [-0.2, -0.15) is 0 Å². The van der Waals surface area contributed by atoms with Crippen LogP contribution in [0.2, 0.25) is 0 Å². The summed E-state index contributed by atoms with van der Waals surface area (Å²) in [7, 11) is 0. The van der Waals surface area contributed by atoms with Gasteiger partial charge in [0, 0.05) is 18.0 Å². The highest BCUT2D eigenvalue weighted by atomic mass is 15.3. The molecular formula is C13H24N4. The summed E-state index contributed by atoms with van der Waals surface area (Å²) in [6, 6.07) is 0.601. The fourth-order valence-electron chi connectivity index (χ4n) is 3.02. The molecule has 0 bridgehead atoms. The largest absolute Gasteiger partial charge is 0.329 e. The molecular weight excluding hydrogens is 212 g/mol. The van der Waals surface area contributed by atoms with E-state index in [4.69, 9.17) is 5.73 Å². The van der Waals surface area contributed by atoms with E-state index in [1.54, 1.807) is 0 Å². The van der Waals surface area contributed by atoms with Crippen molar-refractivity contribution in [1.82, 2.24) is 14.8 Å². The normalized spacial score (nSPS) is 17.8. The number of rotatable bonds is 5. The monoisotopic (exact) mass is 236 g/mol. The Morgan fingerprint density at radius 3 is 2.53 bits per heavy atom. The highest BCUT2D eigenvalue weighted by Crippen LogP contribution is 2.35. The predicted molar refractivity (Wildman–Crippen MR) is 68.8 cm³/mol. The van der Waals surface area contributed by atoms with Gasteiger partial charge in [0.15, 0.2) is 0 Å². The van der Waals surface area contributed by atoms with Crippen LogP contribution in [0.4, 0.5) is 0 Å². The van der Waals surface area contributed by atoms with Gasteiger partial charge in [-0.3, -0.25) is 0 Å². The van der Waals surface area contributed by atoms with Crippen molar-refractivity contribution in [2.75, 3.05) is 6.54 Å². The molecule has 0 radical (unpaired) electrons. The lowest BCUT2D eigenvalue weighted by molar-refractivity contribution is 0.346. The summed E-state index contributed by atoms with van der Waals surface area (Å²) in [4.78, 5) is 0. The van der Waals surface area contributed by atoms with Gasteiger partial charge in [-0.05, 0) is 25.7 Å². The van der Waals surface area contributed by atoms with Gasteiger partial charge >= 0.3 is 0 Å². The van der Waals surface area contributed by atoms with Crippen LogP contribution in [0, 0.1) is 0 Å². The Morgan fingerprint density at radius 1 is 1.35 bits per heavy atom. The first kappa shape index (κ1) is 12.6. The van der Waals surface area contributed by atoms with Gasteiger partial charge in [-0.15, -0.1) is 10.2 Å². The van der Waals surface area contributed by atoms with Gasteiger partial charge in [0.1, 0.15) is 12.2 Å². The molecule has 0 saturated heterocycles. The Hall–Kier alpha value is -0.900. The fraction of sp³-hybridized carbons (Fsp3) is 0.846. The molecule has 1 fully saturated rings. The van der Waals surface area contributed by atoms with Gasteiger partial charge in [0.25, 0.3) is 0 Å². The van der Waals surface area contributed by atoms with Crippen LogP contribution in [0.1, 0.15) is 64.2 Å². The van der Waals surface area contributed by atoms with Crippen LogP contribution < -0.4 is 5.73 Å². The molecule has 0 unspecified atom stereocenters. The third-order valence-electron chi connectivity index (χ3n) is 4.51. The SMILES string of the molecule is CCC(CC)(CN)c1nncn1C1CCCC1. The van der Waals surface area contributed by atoms with Crippen LogP contribution in [0.5, 0.6) is 0 Å². The van der Waals surface area contributed by atoms with Crippen LogP contribution in [0.15, 0.2) is 6.33 Å². The van der Waals surface area contributed by atoms with Gasteiger partial charge in [0.2, 0.25) is 0 Å². The molecule has 1 aliphatic rings. The van der Waals surface area contributed by atoms with Crippen LogP contribution in [0.3, 0.4) is 0 Å². The van der Waals surface area contributed by atoms with E-state index in [1.807, 2.05) is 6.33 Å². The maximum Gasteiger partial charge on any atom is 0.140 e. The number of nitrogens with zero attached hydrogens (tertiary/aromatic N) is 3. The first-order valence-electron chi connectivity index (χ1n) is 6.87. The number of aromatic nitrogens is 3. The summed E-state index contributed by atoms with van der Waals surface area (Å²) in [6.45, 7) is 5.06. The third kappa shape index (κ3) is 2.10. The van der Waals surface area contributed by atoms with E-state index < -0.39 is 0 Å². The average Bonchev–Trinajstić information content (AvgIpc) is 3.02. The summed E-state index contributed by atoms with van der Waals surface area (Å²) < 4.78 is 2.30. The molecule has 1 aromatic heterocycles. The molecule has 96 valence electrons. The second-order valence-electron chi connectivity index (χ2n) is 5.19. The quantitative estimate of drug-likeness (QED) is 0.854. The summed E-state index contributed by atoms with van der Waals surface area (Å²) in [6.07, 6.45) is 9.16. The van der Waals surface area contributed by atoms with Crippen molar-refractivity contribution >= 4 is 0 Å². The highest BCUT2D eigenvalue weighted by Gasteiger charge is 2.34.